The van der Waals surface area contributed by atoms with Crippen LogP contribution in [0.3, 0.4) is 0 Å². The van der Waals surface area contributed by atoms with Gasteiger partial charge in [0.1, 0.15) is 13.2 Å². The normalized spacial score (nSPS) is 12.5. The van der Waals surface area contributed by atoms with Crippen LogP contribution >= 0.6 is 0 Å². The number of rotatable bonds is 66. The first-order chi connectivity index (χ1) is 40.5. The number of esters is 3. The largest absolute Gasteiger partial charge is 0.462 e. The molecule has 0 heterocycles. The average Bonchev–Trinajstić information content (AvgIpc) is 3.47. The van der Waals surface area contributed by atoms with E-state index in [1.165, 1.54) is 225 Å². The third-order valence-corrected chi connectivity index (χ3v) is 16.0. The lowest BCUT2D eigenvalue weighted by Gasteiger charge is -2.18. The number of carbonyl (C=O) groups excluding carboxylic acids is 3. The standard InChI is InChI=1S/C76H136O6/c1-4-7-10-13-16-19-22-25-28-31-34-36-38-40-42-45-48-51-54-57-60-63-66-69-75(78)81-72-73(71-80-74(77)68-65-62-59-56-53-50-47-44-33-30-27-24-21-18-15-12-9-6-3)82-76(79)70-67-64-61-58-55-52-49-46-43-41-39-37-35-32-29-26-23-20-17-14-11-8-5-2/h7,10,16,19,25,28,34,36,40,42,48,51,73H,4-6,8-9,11-15,17-18,20-24,26-27,29-33,35,37-39,41,43-47,49-50,52-72H2,1-3H3/b10-7-,19-16-,28-25-,36-34-,42-40-,51-48-. The van der Waals surface area contributed by atoms with E-state index in [0.29, 0.717) is 19.3 Å². The van der Waals surface area contributed by atoms with Gasteiger partial charge in [-0.3, -0.25) is 14.4 Å². The van der Waals surface area contributed by atoms with Crippen molar-refractivity contribution in [3.8, 4) is 0 Å². The Balaban J connectivity index is 4.38. The molecule has 0 spiro atoms. The molecule has 0 saturated carbocycles. The van der Waals surface area contributed by atoms with Crippen molar-refractivity contribution in [2.24, 2.45) is 0 Å². The maximum Gasteiger partial charge on any atom is 0.306 e. The molecule has 0 rings (SSSR count). The lowest BCUT2D eigenvalue weighted by molar-refractivity contribution is -0.167. The molecule has 6 nitrogen and oxygen atoms in total. The Morgan fingerprint density at radius 1 is 0.256 bits per heavy atom. The van der Waals surface area contributed by atoms with Gasteiger partial charge in [-0.1, -0.05) is 357 Å². The first kappa shape index (κ1) is 78.8. The van der Waals surface area contributed by atoms with Crippen molar-refractivity contribution in [2.75, 3.05) is 13.2 Å². The quantitative estimate of drug-likeness (QED) is 0.0261. The fourth-order valence-corrected chi connectivity index (χ4v) is 10.6. The zero-order valence-electron chi connectivity index (χ0n) is 54.8. The summed E-state index contributed by atoms with van der Waals surface area (Å²) >= 11 is 0. The van der Waals surface area contributed by atoms with Crippen molar-refractivity contribution in [1.82, 2.24) is 0 Å². The molecular weight excluding hydrogens is 1010 g/mol. The molecule has 1 unspecified atom stereocenters. The van der Waals surface area contributed by atoms with Crippen molar-refractivity contribution in [3.63, 3.8) is 0 Å². The van der Waals surface area contributed by atoms with Crippen LogP contribution in [0.5, 0.6) is 0 Å². The lowest BCUT2D eigenvalue weighted by atomic mass is 10.0. The topological polar surface area (TPSA) is 78.9 Å². The minimum absolute atomic E-state index is 0.0785. The molecule has 0 aromatic heterocycles. The minimum atomic E-state index is -0.786. The summed E-state index contributed by atoms with van der Waals surface area (Å²) in [5.74, 6) is -0.878. The summed E-state index contributed by atoms with van der Waals surface area (Å²) in [6, 6.07) is 0. The van der Waals surface area contributed by atoms with Gasteiger partial charge in [0.05, 0.1) is 0 Å². The molecule has 0 bridgehead atoms. The number of carbonyl (C=O) groups is 3. The van der Waals surface area contributed by atoms with Gasteiger partial charge in [-0.2, -0.15) is 0 Å². The monoisotopic (exact) mass is 1150 g/mol. The van der Waals surface area contributed by atoms with Crippen LogP contribution in [0.2, 0.25) is 0 Å². The van der Waals surface area contributed by atoms with Gasteiger partial charge in [0.15, 0.2) is 6.10 Å². The first-order valence-corrected chi connectivity index (χ1v) is 35.9. The smallest absolute Gasteiger partial charge is 0.306 e. The molecule has 0 aromatic rings. The fourth-order valence-electron chi connectivity index (χ4n) is 10.6. The molecular formula is C76H136O6. The molecule has 0 aliphatic carbocycles. The third-order valence-electron chi connectivity index (χ3n) is 16.0. The molecule has 0 amide bonds. The van der Waals surface area contributed by atoms with Gasteiger partial charge < -0.3 is 14.2 Å². The van der Waals surface area contributed by atoms with Gasteiger partial charge in [-0.15, -0.1) is 0 Å². The predicted molar refractivity (Wildman–Crippen MR) is 358 cm³/mol. The molecule has 0 radical (unpaired) electrons. The first-order valence-electron chi connectivity index (χ1n) is 35.9. The fraction of sp³-hybridized carbons (Fsp3) is 0.803. The Bertz CT molecular complexity index is 1500. The minimum Gasteiger partial charge on any atom is -0.462 e. The van der Waals surface area contributed by atoms with Crippen LogP contribution in [0.25, 0.3) is 0 Å². The second-order valence-electron chi connectivity index (χ2n) is 24.1. The summed E-state index contributed by atoms with van der Waals surface area (Å²) in [5, 5.41) is 0. The highest BCUT2D eigenvalue weighted by molar-refractivity contribution is 5.71. The number of ether oxygens (including phenoxy) is 3. The molecule has 0 aliphatic heterocycles. The average molecular weight is 1150 g/mol. The van der Waals surface area contributed by atoms with Crippen molar-refractivity contribution in [1.29, 1.82) is 0 Å². The van der Waals surface area contributed by atoms with Crippen molar-refractivity contribution in [2.45, 2.75) is 380 Å². The number of unbranched alkanes of at least 4 members (excludes halogenated alkanes) is 43. The van der Waals surface area contributed by atoms with Gasteiger partial charge in [0.2, 0.25) is 0 Å². The number of allylic oxidation sites excluding steroid dienone is 12. The Hall–Kier alpha value is -3.15. The summed E-state index contributed by atoms with van der Waals surface area (Å²) in [6.45, 7) is 6.58. The van der Waals surface area contributed by atoms with Crippen molar-refractivity contribution in [3.05, 3.63) is 72.9 Å². The van der Waals surface area contributed by atoms with E-state index in [4.69, 9.17) is 14.2 Å². The van der Waals surface area contributed by atoms with Gasteiger partial charge in [0.25, 0.3) is 0 Å². The highest BCUT2D eigenvalue weighted by Gasteiger charge is 2.19. The SMILES string of the molecule is CC/C=C\C/C=C\C/C=C\C/C=C\C/C=C\C/C=C\CCCCCCC(=O)OCC(COC(=O)CCCCCCCCCCCCCCCCCCCC)OC(=O)CCCCCCCCCCCCCCCCCCCCCCCCC. The van der Waals surface area contributed by atoms with Crippen LogP contribution in [0.4, 0.5) is 0 Å². The van der Waals surface area contributed by atoms with E-state index in [-0.39, 0.29) is 31.1 Å². The highest BCUT2D eigenvalue weighted by atomic mass is 16.6. The second kappa shape index (κ2) is 70.3. The summed E-state index contributed by atoms with van der Waals surface area (Å²) < 4.78 is 17.0. The maximum atomic E-state index is 13.0. The zero-order valence-corrected chi connectivity index (χ0v) is 54.8. The predicted octanol–water partition coefficient (Wildman–Crippen LogP) is 24.8. The Morgan fingerprint density at radius 2 is 0.476 bits per heavy atom. The molecule has 0 N–H and O–H groups in total. The van der Waals surface area contributed by atoms with Gasteiger partial charge >= 0.3 is 17.9 Å². The molecule has 0 saturated heterocycles. The van der Waals surface area contributed by atoms with Crippen LogP contribution in [-0.2, 0) is 28.6 Å². The molecule has 6 heteroatoms. The van der Waals surface area contributed by atoms with Crippen LogP contribution in [-0.4, -0.2) is 37.2 Å². The summed E-state index contributed by atoms with van der Waals surface area (Å²) in [5.41, 5.74) is 0. The van der Waals surface area contributed by atoms with Crippen LogP contribution in [0, 0.1) is 0 Å². The molecule has 0 aromatic carbocycles. The number of hydrogen-bond acceptors (Lipinski definition) is 6. The third kappa shape index (κ3) is 67.6. The molecule has 0 fully saturated rings. The lowest BCUT2D eigenvalue weighted by Crippen LogP contribution is -2.30. The van der Waals surface area contributed by atoms with Crippen LogP contribution < -0.4 is 0 Å². The van der Waals surface area contributed by atoms with E-state index in [9.17, 15) is 14.4 Å². The van der Waals surface area contributed by atoms with E-state index < -0.39 is 6.10 Å². The van der Waals surface area contributed by atoms with Gasteiger partial charge in [-0.05, 0) is 70.6 Å². The number of hydrogen-bond donors (Lipinski definition) is 0. The highest BCUT2D eigenvalue weighted by Crippen LogP contribution is 2.18. The summed E-state index contributed by atoms with van der Waals surface area (Å²) in [6.07, 6.45) is 92.1. The summed E-state index contributed by atoms with van der Waals surface area (Å²) in [7, 11) is 0. The molecule has 0 aliphatic rings. The van der Waals surface area contributed by atoms with Crippen molar-refractivity contribution >= 4 is 17.9 Å². The van der Waals surface area contributed by atoms with Crippen LogP contribution in [0.15, 0.2) is 72.9 Å². The Labute approximate surface area is 510 Å². The molecule has 1 atom stereocenters. The molecule has 476 valence electrons. The Morgan fingerprint density at radius 3 is 0.744 bits per heavy atom. The summed E-state index contributed by atoms with van der Waals surface area (Å²) in [4.78, 5) is 38.5. The van der Waals surface area contributed by atoms with E-state index in [1.54, 1.807) is 0 Å². The van der Waals surface area contributed by atoms with E-state index in [0.717, 1.165) is 109 Å². The van der Waals surface area contributed by atoms with Gasteiger partial charge in [-0.25, -0.2) is 0 Å². The van der Waals surface area contributed by atoms with E-state index in [1.807, 2.05) is 0 Å². The van der Waals surface area contributed by atoms with Crippen molar-refractivity contribution < 1.29 is 28.6 Å². The maximum absolute atomic E-state index is 13.0. The second-order valence-corrected chi connectivity index (χ2v) is 24.1. The van der Waals surface area contributed by atoms with E-state index in [2.05, 4.69) is 93.7 Å². The Kier molecular flexibility index (Phi) is 67.6. The van der Waals surface area contributed by atoms with Crippen LogP contribution in [0.1, 0.15) is 374 Å². The van der Waals surface area contributed by atoms with E-state index >= 15 is 0 Å². The molecule has 82 heavy (non-hydrogen) atoms. The zero-order chi connectivity index (χ0) is 59.2. The van der Waals surface area contributed by atoms with Gasteiger partial charge in [0, 0.05) is 19.3 Å².